The van der Waals surface area contributed by atoms with Crippen molar-refractivity contribution in [1.29, 1.82) is 0 Å². The lowest BCUT2D eigenvalue weighted by Gasteiger charge is -2.23. The van der Waals surface area contributed by atoms with E-state index in [9.17, 15) is 8.42 Å². The Bertz CT molecular complexity index is 747. The van der Waals surface area contributed by atoms with E-state index in [0.717, 1.165) is 18.7 Å². The molecular weight excluding hydrogens is 308 g/mol. The molecule has 2 N–H and O–H groups in total. The van der Waals surface area contributed by atoms with Crippen molar-refractivity contribution in [2.24, 2.45) is 0 Å². The summed E-state index contributed by atoms with van der Waals surface area (Å²) in [5.41, 5.74) is 2.89. The molecule has 0 spiro atoms. The van der Waals surface area contributed by atoms with E-state index in [-0.39, 0.29) is 4.90 Å². The number of sulfonamides is 1. The third-order valence-corrected chi connectivity index (χ3v) is 5.66. The second-order valence-corrected chi connectivity index (χ2v) is 7.77. The number of benzene rings is 2. The molecule has 0 aromatic heterocycles. The fraction of sp³-hybridized carbons (Fsp3) is 0.333. The third-order valence-electron chi connectivity index (χ3n) is 4.26. The van der Waals surface area contributed by atoms with Gasteiger partial charge >= 0.3 is 0 Å². The van der Waals surface area contributed by atoms with Crippen molar-refractivity contribution in [1.82, 2.24) is 5.32 Å². The maximum atomic E-state index is 12.4. The van der Waals surface area contributed by atoms with E-state index in [1.807, 2.05) is 31.2 Å². The van der Waals surface area contributed by atoms with E-state index in [2.05, 4.69) is 10.0 Å². The van der Waals surface area contributed by atoms with Gasteiger partial charge in [0.25, 0.3) is 10.0 Å². The Morgan fingerprint density at radius 3 is 2.35 bits per heavy atom. The van der Waals surface area contributed by atoms with E-state index in [0.29, 0.717) is 11.6 Å². The molecule has 4 nitrogen and oxygen atoms in total. The molecule has 2 aromatic carbocycles. The zero-order chi connectivity index (χ0) is 16.3. The van der Waals surface area contributed by atoms with Gasteiger partial charge in [-0.3, -0.25) is 4.72 Å². The quantitative estimate of drug-likeness (QED) is 0.904. The molecule has 1 aliphatic rings. The molecular formula is C18H22N2O2S. The van der Waals surface area contributed by atoms with Crippen LogP contribution in [0.3, 0.4) is 0 Å². The standard InChI is InChI=1S/C18H22N2O2S/c1-14-4-10-18(11-5-14)23(21,22)20-17-8-6-15(7-9-17)16-3-2-12-19-13-16/h4-11,16,19-20H,2-3,12-13H2,1H3. The minimum absolute atomic E-state index is 0.281. The number of hydrogen-bond acceptors (Lipinski definition) is 3. The summed E-state index contributed by atoms with van der Waals surface area (Å²) < 4.78 is 27.4. The largest absolute Gasteiger partial charge is 0.316 e. The predicted molar refractivity (Wildman–Crippen MR) is 93.3 cm³/mol. The SMILES string of the molecule is Cc1ccc(S(=O)(=O)Nc2ccc(C3CCCNC3)cc2)cc1. The Balaban J connectivity index is 1.73. The summed E-state index contributed by atoms with van der Waals surface area (Å²) in [6, 6.07) is 14.6. The van der Waals surface area contributed by atoms with Crippen molar-refractivity contribution in [2.75, 3.05) is 17.8 Å². The average Bonchev–Trinajstić information content (AvgIpc) is 2.56. The molecule has 0 amide bonds. The number of piperidine rings is 1. The monoisotopic (exact) mass is 330 g/mol. The van der Waals surface area contributed by atoms with E-state index in [1.165, 1.54) is 18.4 Å². The van der Waals surface area contributed by atoms with Crippen molar-refractivity contribution in [3.05, 3.63) is 59.7 Å². The summed E-state index contributed by atoms with van der Waals surface area (Å²) >= 11 is 0. The first kappa shape index (κ1) is 16.0. The van der Waals surface area contributed by atoms with Crippen molar-refractivity contribution < 1.29 is 8.42 Å². The van der Waals surface area contributed by atoms with Gasteiger partial charge in [0.15, 0.2) is 0 Å². The van der Waals surface area contributed by atoms with Crippen molar-refractivity contribution in [2.45, 2.75) is 30.6 Å². The summed E-state index contributed by atoms with van der Waals surface area (Å²) in [7, 11) is -3.53. The van der Waals surface area contributed by atoms with Gasteiger partial charge in [-0.1, -0.05) is 29.8 Å². The maximum absolute atomic E-state index is 12.4. The Hall–Kier alpha value is -1.85. The van der Waals surface area contributed by atoms with Gasteiger partial charge in [-0.25, -0.2) is 8.42 Å². The summed E-state index contributed by atoms with van der Waals surface area (Å²) in [6.07, 6.45) is 2.37. The smallest absolute Gasteiger partial charge is 0.261 e. The molecule has 0 aliphatic carbocycles. The molecule has 1 saturated heterocycles. The van der Waals surface area contributed by atoms with E-state index in [4.69, 9.17) is 0 Å². The van der Waals surface area contributed by atoms with Gasteiger partial charge in [-0.15, -0.1) is 0 Å². The molecule has 1 heterocycles. The van der Waals surface area contributed by atoms with Crippen molar-refractivity contribution in [3.8, 4) is 0 Å². The van der Waals surface area contributed by atoms with Crippen LogP contribution in [0, 0.1) is 6.92 Å². The van der Waals surface area contributed by atoms with Gasteiger partial charge in [0.2, 0.25) is 0 Å². The first-order valence-corrected chi connectivity index (χ1v) is 9.43. The van der Waals surface area contributed by atoms with Gasteiger partial charge in [-0.2, -0.15) is 0 Å². The number of anilines is 1. The molecule has 23 heavy (non-hydrogen) atoms. The van der Waals surface area contributed by atoms with Gasteiger partial charge in [0.1, 0.15) is 0 Å². The highest BCUT2D eigenvalue weighted by Crippen LogP contribution is 2.25. The molecule has 1 atom stereocenters. The van der Waals surface area contributed by atoms with E-state index in [1.54, 1.807) is 24.3 Å². The highest BCUT2D eigenvalue weighted by atomic mass is 32.2. The first-order chi connectivity index (χ1) is 11.0. The minimum Gasteiger partial charge on any atom is -0.316 e. The lowest BCUT2D eigenvalue weighted by molar-refractivity contribution is 0.461. The highest BCUT2D eigenvalue weighted by molar-refractivity contribution is 7.92. The fourth-order valence-electron chi connectivity index (χ4n) is 2.89. The van der Waals surface area contributed by atoms with E-state index >= 15 is 0 Å². The summed E-state index contributed by atoms with van der Waals surface area (Å²) in [4.78, 5) is 0.281. The molecule has 1 fully saturated rings. The van der Waals surface area contributed by atoms with Crippen molar-refractivity contribution in [3.63, 3.8) is 0 Å². The van der Waals surface area contributed by atoms with Crippen LogP contribution in [-0.4, -0.2) is 21.5 Å². The van der Waals surface area contributed by atoms with Crippen LogP contribution >= 0.6 is 0 Å². The van der Waals surface area contributed by atoms with Crippen LogP contribution in [0.2, 0.25) is 0 Å². The number of rotatable bonds is 4. The lowest BCUT2D eigenvalue weighted by Crippen LogP contribution is -2.28. The van der Waals surface area contributed by atoms with Crippen LogP contribution in [-0.2, 0) is 10.0 Å². The molecule has 3 rings (SSSR count). The van der Waals surface area contributed by atoms with Crippen LogP contribution < -0.4 is 10.0 Å². The fourth-order valence-corrected chi connectivity index (χ4v) is 3.95. The molecule has 5 heteroatoms. The van der Waals surface area contributed by atoms with Crippen LogP contribution in [0.15, 0.2) is 53.4 Å². The summed E-state index contributed by atoms with van der Waals surface area (Å²) in [6.45, 7) is 4.02. The third kappa shape index (κ3) is 3.92. The minimum atomic E-state index is -3.53. The Labute approximate surface area is 138 Å². The second-order valence-electron chi connectivity index (χ2n) is 6.08. The zero-order valence-electron chi connectivity index (χ0n) is 13.2. The topological polar surface area (TPSA) is 58.2 Å². The van der Waals surface area contributed by atoms with Crippen LogP contribution in [0.25, 0.3) is 0 Å². The number of nitrogens with one attached hydrogen (secondary N) is 2. The molecule has 0 saturated carbocycles. The lowest BCUT2D eigenvalue weighted by atomic mass is 9.92. The maximum Gasteiger partial charge on any atom is 0.261 e. The van der Waals surface area contributed by atoms with E-state index < -0.39 is 10.0 Å². The molecule has 1 aliphatic heterocycles. The molecule has 2 aromatic rings. The van der Waals surface area contributed by atoms with Crippen LogP contribution in [0.4, 0.5) is 5.69 Å². The average molecular weight is 330 g/mol. The van der Waals surface area contributed by atoms with Gasteiger partial charge in [0, 0.05) is 12.2 Å². The molecule has 0 bridgehead atoms. The Morgan fingerprint density at radius 2 is 1.74 bits per heavy atom. The molecule has 122 valence electrons. The number of aryl methyl sites for hydroxylation is 1. The Kier molecular flexibility index (Phi) is 4.68. The zero-order valence-corrected chi connectivity index (χ0v) is 14.1. The van der Waals surface area contributed by atoms with Crippen LogP contribution in [0.5, 0.6) is 0 Å². The van der Waals surface area contributed by atoms with Gasteiger partial charge in [0.05, 0.1) is 4.90 Å². The Morgan fingerprint density at radius 1 is 1.04 bits per heavy atom. The molecule has 0 radical (unpaired) electrons. The second kappa shape index (κ2) is 6.72. The molecule has 1 unspecified atom stereocenters. The normalized spacial score (nSPS) is 18.6. The number of hydrogen-bond donors (Lipinski definition) is 2. The summed E-state index contributed by atoms with van der Waals surface area (Å²) in [5, 5.41) is 3.40. The summed E-state index contributed by atoms with van der Waals surface area (Å²) in [5.74, 6) is 0.520. The predicted octanol–water partition coefficient (Wildman–Crippen LogP) is 3.26. The first-order valence-electron chi connectivity index (χ1n) is 7.95. The van der Waals surface area contributed by atoms with Gasteiger partial charge < -0.3 is 5.32 Å². The van der Waals surface area contributed by atoms with Crippen molar-refractivity contribution >= 4 is 15.7 Å². The van der Waals surface area contributed by atoms with Gasteiger partial charge in [-0.05, 0) is 62.1 Å². The highest BCUT2D eigenvalue weighted by Gasteiger charge is 2.16. The van der Waals surface area contributed by atoms with Crippen LogP contribution in [0.1, 0.15) is 29.9 Å².